The molecule has 1 fully saturated rings. The first-order valence-corrected chi connectivity index (χ1v) is 8.54. The molecule has 1 heterocycles. The topological polar surface area (TPSA) is 67.9 Å². The van der Waals surface area contributed by atoms with Crippen molar-refractivity contribution in [3.63, 3.8) is 0 Å². The number of carbonyl (C=O) groups is 2. The van der Waals surface area contributed by atoms with Crippen molar-refractivity contribution >= 4 is 11.8 Å². The Balaban J connectivity index is 1.90. The second-order valence-electron chi connectivity index (χ2n) is 5.74. The Hall–Kier alpha value is -2.08. The molecule has 24 heavy (non-hydrogen) atoms. The lowest BCUT2D eigenvalue weighted by Crippen LogP contribution is -2.40. The number of ether oxygens (including phenoxy) is 2. The molecule has 1 atom stereocenters. The molecule has 0 spiro atoms. The minimum atomic E-state index is -0.158. The zero-order valence-electron chi connectivity index (χ0n) is 14.4. The van der Waals surface area contributed by atoms with Crippen LogP contribution in [0.1, 0.15) is 37.0 Å². The molecule has 0 aliphatic carbocycles. The molecule has 6 nitrogen and oxygen atoms in total. The summed E-state index contributed by atoms with van der Waals surface area (Å²) in [6.45, 7) is 6.15. The second-order valence-corrected chi connectivity index (χ2v) is 5.74. The fraction of sp³-hybridized carbons (Fsp3) is 0.556. The minimum absolute atomic E-state index is 0.0699. The van der Waals surface area contributed by atoms with Gasteiger partial charge in [-0.25, -0.2) is 0 Å². The Morgan fingerprint density at radius 3 is 2.62 bits per heavy atom. The molecule has 1 aliphatic heterocycles. The molecule has 1 unspecified atom stereocenters. The third-order valence-electron chi connectivity index (χ3n) is 3.94. The highest BCUT2D eigenvalue weighted by Gasteiger charge is 2.18. The van der Waals surface area contributed by atoms with E-state index in [0.717, 1.165) is 19.4 Å². The van der Waals surface area contributed by atoms with Crippen LogP contribution >= 0.6 is 0 Å². The van der Waals surface area contributed by atoms with Crippen LogP contribution in [0.4, 0.5) is 0 Å². The van der Waals surface area contributed by atoms with Crippen molar-refractivity contribution in [1.82, 2.24) is 10.2 Å². The van der Waals surface area contributed by atoms with Crippen LogP contribution < -0.4 is 10.1 Å². The lowest BCUT2D eigenvalue weighted by Gasteiger charge is -2.20. The first kappa shape index (κ1) is 18.3. The van der Waals surface area contributed by atoms with Gasteiger partial charge in [0.25, 0.3) is 5.91 Å². The molecule has 1 aromatic rings. The normalized spacial score (nSPS) is 16.7. The van der Waals surface area contributed by atoms with E-state index < -0.39 is 0 Å². The largest absolute Gasteiger partial charge is 0.491 e. The first-order valence-electron chi connectivity index (χ1n) is 8.54. The number of nitrogens with zero attached hydrogens (tertiary/aromatic N) is 1. The van der Waals surface area contributed by atoms with E-state index >= 15 is 0 Å². The van der Waals surface area contributed by atoms with Crippen molar-refractivity contribution in [2.75, 3.05) is 32.8 Å². The summed E-state index contributed by atoms with van der Waals surface area (Å²) in [6.07, 6.45) is 2.28. The smallest absolute Gasteiger partial charge is 0.254 e. The Labute approximate surface area is 143 Å². The number of carbonyl (C=O) groups excluding carboxylic acids is 2. The third kappa shape index (κ3) is 5.23. The molecule has 1 saturated heterocycles. The number of rotatable bonds is 8. The van der Waals surface area contributed by atoms with Gasteiger partial charge in [0.05, 0.1) is 12.6 Å². The standard InChI is InChI=1S/C18H26N2O4/c1-3-19-17(21)12-20(4-2)18(22)14-7-9-15(10-8-14)24-13-16-6-5-11-23-16/h7-10,16H,3-6,11-13H2,1-2H3,(H,19,21). The van der Waals surface area contributed by atoms with E-state index in [0.29, 0.717) is 31.0 Å². The van der Waals surface area contributed by atoms with Crippen molar-refractivity contribution in [2.24, 2.45) is 0 Å². The third-order valence-corrected chi connectivity index (χ3v) is 3.94. The van der Waals surface area contributed by atoms with E-state index in [1.54, 1.807) is 24.3 Å². The van der Waals surface area contributed by atoms with E-state index in [2.05, 4.69) is 5.32 Å². The quantitative estimate of drug-likeness (QED) is 0.788. The number of likely N-dealkylation sites (N-methyl/N-ethyl adjacent to an activating group) is 2. The van der Waals surface area contributed by atoms with Gasteiger partial charge < -0.3 is 19.7 Å². The summed E-state index contributed by atoms with van der Waals surface area (Å²) in [4.78, 5) is 25.7. The Morgan fingerprint density at radius 2 is 2.04 bits per heavy atom. The fourth-order valence-corrected chi connectivity index (χ4v) is 2.59. The number of amides is 2. The summed E-state index contributed by atoms with van der Waals surface area (Å²) >= 11 is 0. The van der Waals surface area contributed by atoms with E-state index in [1.165, 1.54) is 4.90 Å². The predicted molar refractivity (Wildman–Crippen MR) is 91.2 cm³/mol. The van der Waals surface area contributed by atoms with Gasteiger partial charge in [0, 0.05) is 25.3 Å². The summed E-state index contributed by atoms with van der Waals surface area (Å²) in [5.74, 6) is 0.410. The predicted octanol–water partition coefficient (Wildman–Crippen LogP) is 1.84. The Bertz CT molecular complexity index is 538. The van der Waals surface area contributed by atoms with Crippen LogP contribution in [0, 0.1) is 0 Å². The molecule has 2 rings (SSSR count). The molecule has 1 aliphatic rings. The van der Waals surface area contributed by atoms with E-state index in [1.807, 2.05) is 13.8 Å². The van der Waals surface area contributed by atoms with Gasteiger partial charge in [-0.1, -0.05) is 0 Å². The Kier molecular flexibility index (Phi) is 7.06. The van der Waals surface area contributed by atoms with Gasteiger partial charge in [0.15, 0.2) is 0 Å². The lowest BCUT2D eigenvalue weighted by molar-refractivity contribution is -0.121. The molecule has 0 aromatic heterocycles. The highest BCUT2D eigenvalue weighted by atomic mass is 16.5. The van der Waals surface area contributed by atoms with Gasteiger partial charge in [0.2, 0.25) is 5.91 Å². The molecule has 132 valence electrons. The van der Waals surface area contributed by atoms with Crippen molar-refractivity contribution in [1.29, 1.82) is 0 Å². The van der Waals surface area contributed by atoms with Crippen LogP contribution in [0.2, 0.25) is 0 Å². The first-order chi connectivity index (χ1) is 11.6. The number of hydrogen-bond donors (Lipinski definition) is 1. The molecular weight excluding hydrogens is 308 g/mol. The highest BCUT2D eigenvalue weighted by Crippen LogP contribution is 2.17. The zero-order chi connectivity index (χ0) is 17.4. The SMILES string of the molecule is CCNC(=O)CN(CC)C(=O)c1ccc(OCC2CCCO2)cc1. The number of hydrogen-bond acceptors (Lipinski definition) is 4. The average Bonchev–Trinajstić information content (AvgIpc) is 3.11. The molecule has 0 bridgehead atoms. The van der Waals surface area contributed by atoms with Crippen LogP contribution in [-0.2, 0) is 9.53 Å². The van der Waals surface area contributed by atoms with Gasteiger partial charge in [-0.3, -0.25) is 9.59 Å². The Morgan fingerprint density at radius 1 is 1.29 bits per heavy atom. The van der Waals surface area contributed by atoms with E-state index in [-0.39, 0.29) is 24.5 Å². The number of nitrogens with one attached hydrogen (secondary N) is 1. The molecule has 0 radical (unpaired) electrons. The van der Waals surface area contributed by atoms with Gasteiger partial charge in [-0.15, -0.1) is 0 Å². The van der Waals surface area contributed by atoms with Crippen LogP contribution in [-0.4, -0.2) is 55.7 Å². The van der Waals surface area contributed by atoms with Crippen LogP contribution in [0.3, 0.4) is 0 Å². The minimum Gasteiger partial charge on any atom is -0.491 e. The van der Waals surface area contributed by atoms with Crippen molar-refractivity contribution in [2.45, 2.75) is 32.8 Å². The fourth-order valence-electron chi connectivity index (χ4n) is 2.59. The summed E-state index contributed by atoms with van der Waals surface area (Å²) < 4.78 is 11.2. The molecular formula is C18H26N2O4. The number of benzene rings is 1. The van der Waals surface area contributed by atoms with E-state index in [9.17, 15) is 9.59 Å². The molecule has 2 amide bonds. The van der Waals surface area contributed by atoms with Gasteiger partial charge >= 0.3 is 0 Å². The van der Waals surface area contributed by atoms with E-state index in [4.69, 9.17) is 9.47 Å². The molecule has 1 N–H and O–H groups in total. The maximum atomic E-state index is 12.5. The van der Waals surface area contributed by atoms with Gasteiger partial charge in [-0.2, -0.15) is 0 Å². The second kappa shape index (κ2) is 9.27. The zero-order valence-corrected chi connectivity index (χ0v) is 14.4. The van der Waals surface area contributed by atoms with Gasteiger partial charge in [0.1, 0.15) is 12.4 Å². The highest BCUT2D eigenvalue weighted by molar-refractivity contribution is 5.96. The van der Waals surface area contributed by atoms with Crippen LogP contribution in [0.15, 0.2) is 24.3 Å². The monoisotopic (exact) mass is 334 g/mol. The average molecular weight is 334 g/mol. The molecule has 6 heteroatoms. The van der Waals surface area contributed by atoms with Crippen LogP contribution in [0.5, 0.6) is 5.75 Å². The van der Waals surface area contributed by atoms with Gasteiger partial charge in [-0.05, 0) is 51.0 Å². The summed E-state index contributed by atoms with van der Waals surface area (Å²) in [6, 6.07) is 7.02. The molecule has 1 aromatic carbocycles. The summed E-state index contributed by atoms with van der Waals surface area (Å²) in [7, 11) is 0. The lowest BCUT2D eigenvalue weighted by atomic mass is 10.2. The summed E-state index contributed by atoms with van der Waals surface area (Å²) in [5, 5.41) is 2.70. The van der Waals surface area contributed by atoms with Crippen molar-refractivity contribution < 1.29 is 19.1 Å². The van der Waals surface area contributed by atoms with Crippen molar-refractivity contribution in [3.8, 4) is 5.75 Å². The molecule has 0 saturated carbocycles. The maximum Gasteiger partial charge on any atom is 0.254 e. The van der Waals surface area contributed by atoms with Crippen molar-refractivity contribution in [3.05, 3.63) is 29.8 Å². The van der Waals surface area contributed by atoms with Crippen LogP contribution in [0.25, 0.3) is 0 Å². The summed E-state index contributed by atoms with van der Waals surface area (Å²) in [5.41, 5.74) is 0.547. The maximum absolute atomic E-state index is 12.5.